The highest BCUT2D eigenvalue weighted by Crippen LogP contribution is 2.28. The molecule has 2 rings (SSSR count). The molecule has 0 fully saturated rings. The molecule has 2 heterocycles. The molecule has 0 radical (unpaired) electrons. The number of rotatable bonds is 6. The van der Waals surface area contributed by atoms with Gasteiger partial charge in [-0.2, -0.15) is 0 Å². The standard InChI is InChI=1S/C16H21N3O2S/c1-11(2)15(12-6-5-7-17-8-12)19(3)16(20)13-10-22-14(18-13)9-21-4/h5-8,10-11,15H,9H2,1-4H3. The fourth-order valence-electron chi connectivity index (χ4n) is 2.51. The average Bonchev–Trinajstić information content (AvgIpc) is 2.96. The van der Waals surface area contributed by atoms with E-state index in [2.05, 4.69) is 23.8 Å². The van der Waals surface area contributed by atoms with E-state index in [0.717, 1.165) is 10.6 Å². The summed E-state index contributed by atoms with van der Waals surface area (Å²) in [4.78, 5) is 22.9. The second kappa shape index (κ2) is 7.47. The van der Waals surface area contributed by atoms with Crippen LogP contribution in [0.1, 0.15) is 40.9 Å². The molecule has 1 amide bonds. The molecule has 0 bridgehead atoms. The van der Waals surface area contributed by atoms with Gasteiger partial charge in [0.25, 0.3) is 5.91 Å². The van der Waals surface area contributed by atoms with Crippen LogP contribution in [0.5, 0.6) is 0 Å². The number of aromatic nitrogens is 2. The van der Waals surface area contributed by atoms with Crippen LogP contribution < -0.4 is 0 Å². The molecule has 0 aliphatic heterocycles. The van der Waals surface area contributed by atoms with E-state index in [9.17, 15) is 4.79 Å². The van der Waals surface area contributed by atoms with E-state index < -0.39 is 0 Å². The van der Waals surface area contributed by atoms with Crippen molar-refractivity contribution in [3.05, 3.63) is 46.2 Å². The summed E-state index contributed by atoms with van der Waals surface area (Å²) in [6.45, 7) is 4.62. The number of carbonyl (C=O) groups excluding carboxylic acids is 1. The first kappa shape index (κ1) is 16.6. The highest BCUT2D eigenvalue weighted by Gasteiger charge is 2.27. The number of hydrogen-bond donors (Lipinski definition) is 0. The second-order valence-corrected chi connectivity index (χ2v) is 6.39. The number of methoxy groups -OCH3 is 1. The number of nitrogens with zero attached hydrogens (tertiary/aromatic N) is 3. The summed E-state index contributed by atoms with van der Waals surface area (Å²) in [6.07, 6.45) is 3.55. The molecule has 118 valence electrons. The topological polar surface area (TPSA) is 55.3 Å². The molecule has 6 heteroatoms. The highest BCUT2D eigenvalue weighted by atomic mass is 32.1. The molecule has 2 aromatic rings. The molecule has 22 heavy (non-hydrogen) atoms. The maximum Gasteiger partial charge on any atom is 0.273 e. The first-order valence-electron chi connectivity index (χ1n) is 7.15. The smallest absolute Gasteiger partial charge is 0.273 e. The van der Waals surface area contributed by atoms with Crippen LogP contribution in [0.15, 0.2) is 29.9 Å². The monoisotopic (exact) mass is 319 g/mol. The molecule has 1 atom stereocenters. The predicted octanol–water partition coefficient (Wildman–Crippen LogP) is 3.15. The first-order chi connectivity index (χ1) is 10.5. The molecule has 1 unspecified atom stereocenters. The van der Waals surface area contributed by atoms with Crippen molar-refractivity contribution in [1.82, 2.24) is 14.9 Å². The Balaban J connectivity index is 2.22. The Hall–Kier alpha value is -1.79. The van der Waals surface area contributed by atoms with Gasteiger partial charge in [0.2, 0.25) is 0 Å². The summed E-state index contributed by atoms with van der Waals surface area (Å²) in [5.41, 5.74) is 1.50. The molecule has 0 spiro atoms. The number of ether oxygens (including phenoxy) is 1. The number of thiazole rings is 1. The zero-order chi connectivity index (χ0) is 16.1. The highest BCUT2D eigenvalue weighted by molar-refractivity contribution is 7.09. The summed E-state index contributed by atoms with van der Waals surface area (Å²) in [5, 5.41) is 2.59. The molecule has 0 saturated heterocycles. The van der Waals surface area contributed by atoms with Gasteiger partial charge in [-0.25, -0.2) is 4.98 Å². The van der Waals surface area contributed by atoms with Gasteiger partial charge in [0, 0.05) is 31.9 Å². The van der Waals surface area contributed by atoms with Crippen LogP contribution in [-0.2, 0) is 11.3 Å². The van der Waals surface area contributed by atoms with Crippen molar-refractivity contribution in [2.75, 3.05) is 14.2 Å². The lowest BCUT2D eigenvalue weighted by atomic mass is 9.96. The summed E-state index contributed by atoms with van der Waals surface area (Å²) < 4.78 is 5.05. The Bertz CT molecular complexity index is 613. The number of hydrogen-bond acceptors (Lipinski definition) is 5. The quantitative estimate of drug-likeness (QED) is 0.821. The molecule has 2 aromatic heterocycles. The molecule has 0 aromatic carbocycles. The molecule has 0 aliphatic carbocycles. The fraction of sp³-hybridized carbons (Fsp3) is 0.438. The first-order valence-corrected chi connectivity index (χ1v) is 8.03. The third-order valence-electron chi connectivity index (χ3n) is 3.43. The van der Waals surface area contributed by atoms with Crippen LogP contribution in [0.2, 0.25) is 0 Å². The van der Waals surface area contributed by atoms with Gasteiger partial charge in [0.15, 0.2) is 0 Å². The van der Waals surface area contributed by atoms with Crippen LogP contribution in [0.25, 0.3) is 0 Å². The van der Waals surface area contributed by atoms with E-state index in [-0.39, 0.29) is 17.9 Å². The average molecular weight is 319 g/mol. The lowest BCUT2D eigenvalue weighted by Crippen LogP contribution is -2.34. The van der Waals surface area contributed by atoms with Gasteiger partial charge in [0.1, 0.15) is 10.7 Å². The molecule has 0 N–H and O–H groups in total. The third-order valence-corrected chi connectivity index (χ3v) is 4.26. The Morgan fingerprint density at radius 1 is 1.45 bits per heavy atom. The Labute approximate surface area is 135 Å². The summed E-state index contributed by atoms with van der Waals surface area (Å²) in [7, 11) is 3.43. The summed E-state index contributed by atoms with van der Waals surface area (Å²) in [5.74, 6) is 0.191. The second-order valence-electron chi connectivity index (χ2n) is 5.45. The van der Waals surface area contributed by atoms with E-state index in [0.29, 0.717) is 12.3 Å². The zero-order valence-corrected chi connectivity index (χ0v) is 14.1. The van der Waals surface area contributed by atoms with Crippen molar-refractivity contribution in [2.24, 2.45) is 5.92 Å². The van der Waals surface area contributed by atoms with Crippen molar-refractivity contribution < 1.29 is 9.53 Å². The van der Waals surface area contributed by atoms with Crippen LogP contribution >= 0.6 is 11.3 Å². The van der Waals surface area contributed by atoms with Crippen molar-refractivity contribution in [3.8, 4) is 0 Å². The van der Waals surface area contributed by atoms with Crippen molar-refractivity contribution in [3.63, 3.8) is 0 Å². The van der Waals surface area contributed by atoms with E-state index in [1.165, 1.54) is 11.3 Å². The van der Waals surface area contributed by atoms with Gasteiger partial charge in [-0.1, -0.05) is 19.9 Å². The molecule has 5 nitrogen and oxygen atoms in total. The maximum absolute atomic E-state index is 12.7. The van der Waals surface area contributed by atoms with Crippen molar-refractivity contribution in [1.29, 1.82) is 0 Å². The van der Waals surface area contributed by atoms with Gasteiger partial charge in [0.05, 0.1) is 12.6 Å². The zero-order valence-electron chi connectivity index (χ0n) is 13.3. The van der Waals surface area contributed by atoms with E-state index in [4.69, 9.17) is 4.74 Å². The lowest BCUT2D eigenvalue weighted by molar-refractivity contribution is 0.0681. The number of pyridine rings is 1. The molecule has 0 aliphatic rings. The minimum absolute atomic E-state index is 0.0335. The van der Waals surface area contributed by atoms with E-state index >= 15 is 0 Å². The van der Waals surface area contributed by atoms with Gasteiger partial charge in [-0.05, 0) is 17.5 Å². The Morgan fingerprint density at radius 3 is 2.82 bits per heavy atom. The normalized spacial score (nSPS) is 12.4. The van der Waals surface area contributed by atoms with Gasteiger partial charge >= 0.3 is 0 Å². The third kappa shape index (κ3) is 3.69. The predicted molar refractivity (Wildman–Crippen MR) is 86.7 cm³/mol. The number of amides is 1. The SMILES string of the molecule is COCc1nc(C(=O)N(C)C(c2cccnc2)C(C)C)cs1. The van der Waals surface area contributed by atoms with Crippen LogP contribution in [-0.4, -0.2) is 34.9 Å². The van der Waals surface area contributed by atoms with Crippen LogP contribution in [0, 0.1) is 5.92 Å². The summed E-state index contributed by atoms with van der Waals surface area (Å²) >= 11 is 1.44. The molecular formula is C16H21N3O2S. The van der Waals surface area contributed by atoms with E-state index in [1.54, 1.807) is 23.6 Å². The molecule has 0 saturated carbocycles. The van der Waals surface area contributed by atoms with Crippen LogP contribution in [0.4, 0.5) is 0 Å². The maximum atomic E-state index is 12.7. The van der Waals surface area contributed by atoms with Crippen molar-refractivity contribution >= 4 is 17.2 Å². The van der Waals surface area contributed by atoms with Crippen molar-refractivity contribution in [2.45, 2.75) is 26.5 Å². The van der Waals surface area contributed by atoms with Gasteiger partial charge in [-0.3, -0.25) is 9.78 Å². The minimum atomic E-state index is -0.0823. The van der Waals surface area contributed by atoms with E-state index in [1.807, 2.05) is 25.4 Å². The lowest BCUT2D eigenvalue weighted by Gasteiger charge is -2.31. The Morgan fingerprint density at radius 2 is 2.23 bits per heavy atom. The largest absolute Gasteiger partial charge is 0.378 e. The Kier molecular flexibility index (Phi) is 5.63. The minimum Gasteiger partial charge on any atom is -0.378 e. The summed E-state index contributed by atoms with van der Waals surface area (Å²) in [6, 6.07) is 3.86. The number of carbonyl (C=O) groups is 1. The fourth-order valence-corrected chi connectivity index (χ4v) is 3.25. The van der Waals surface area contributed by atoms with Crippen LogP contribution in [0.3, 0.4) is 0 Å². The van der Waals surface area contributed by atoms with Gasteiger partial charge in [-0.15, -0.1) is 11.3 Å². The molecular weight excluding hydrogens is 298 g/mol. The van der Waals surface area contributed by atoms with Gasteiger partial charge < -0.3 is 9.64 Å².